The monoisotopic (exact) mass is 279 g/mol. The van der Waals surface area contributed by atoms with Crippen LogP contribution in [0.15, 0.2) is 29.4 Å². The molecule has 0 atom stereocenters. The van der Waals surface area contributed by atoms with Crippen LogP contribution in [0.1, 0.15) is 0 Å². The molecular formula is C11H13N5O2S. The van der Waals surface area contributed by atoms with Gasteiger partial charge in [-0.3, -0.25) is 4.79 Å². The fourth-order valence-electron chi connectivity index (χ4n) is 1.36. The quantitative estimate of drug-likeness (QED) is 0.803. The van der Waals surface area contributed by atoms with Gasteiger partial charge in [0.2, 0.25) is 11.1 Å². The number of nitrogens with one attached hydrogen (secondary N) is 1. The highest BCUT2D eigenvalue weighted by Crippen LogP contribution is 2.19. The molecule has 0 aliphatic carbocycles. The van der Waals surface area contributed by atoms with E-state index in [9.17, 15) is 4.79 Å². The van der Waals surface area contributed by atoms with Crippen molar-refractivity contribution < 1.29 is 9.53 Å². The topological polar surface area (TPSA) is 81.9 Å². The molecular weight excluding hydrogens is 266 g/mol. The maximum atomic E-state index is 11.2. The summed E-state index contributed by atoms with van der Waals surface area (Å²) in [5.41, 5.74) is 0.810. The van der Waals surface area contributed by atoms with Crippen LogP contribution in [0.2, 0.25) is 0 Å². The number of rotatable bonds is 5. The molecule has 2 aromatic rings. The molecule has 7 nitrogen and oxygen atoms in total. The van der Waals surface area contributed by atoms with Gasteiger partial charge in [0.1, 0.15) is 5.75 Å². The normalized spacial score (nSPS) is 10.2. The van der Waals surface area contributed by atoms with Crippen molar-refractivity contribution in [2.75, 3.05) is 19.9 Å². The van der Waals surface area contributed by atoms with Crippen LogP contribution in [-0.2, 0) is 4.79 Å². The number of benzene rings is 1. The zero-order valence-electron chi connectivity index (χ0n) is 10.5. The summed E-state index contributed by atoms with van der Waals surface area (Å²) in [5.74, 6) is 0.957. The van der Waals surface area contributed by atoms with Crippen LogP contribution in [0.25, 0.3) is 5.69 Å². The summed E-state index contributed by atoms with van der Waals surface area (Å²) in [7, 11) is 3.20. The molecule has 0 radical (unpaired) electrons. The van der Waals surface area contributed by atoms with E-state index in [0.29, 0.717) is 5.16 Å². The van der Waals surface area contributed by atoms with E-state index in [4.69, 9.17) is 4.74 Å². The number of hydrogen-bond acceptors (Lipinski definition) is 6. The molecule has 0 aliphatic heterocycles. The molecule has 1 aromatic heterocycles. The Kier molecular flexibility index (Phi) is 4.35. The Morgan fingerprint density at radius 2 is 2.16 bits per heavy atom. The van der Waals surface area contributed by atoms with E-state index in [1.54, 1.807) is 18.8 Å². The summed E-state index contributed by atoms with van der Waals surface area (Å²) >= 11 is 1.27. The molecule has 0 saturated heterocycles. The van der Waals surface area contributed by atoms with Gasteiger partial charge in [-0.05, 0) is 34.7 Å². The number of amides is 1. The lowest BCUT2D eigenvalue weighted by Gasteiger charge is -2.05. The standard InChI is InChI=1S/C11H13N5O2S/c1-12-10(17)7-19-11-13-14-15-16(11)8-3-5-9(18-2)6-4-8/h3-6H,7H2,1-2H3,(H,12,17). The number of carbonyl (C=O) groups excluding carboxylic acids is 1. The smallest absolute Gasteiger partial charge is 0.230 e. The predicted molar refractivity (Wildman–Crippen MR) is 70.5 cm³/mol. The summed E-state index contributed by atoms with van der Waals surface area (Å²) in [4.78, 5) is 11.2. The van der Waals surface area contributed by atoms with Crippen LogP contribution in [0, 0.1) is 0 Å². The van der Waals surface area contributed by atoms with Crippen molar-refractivity contribution in [3.63, 3.8) is 0 Å². The minimum Gasteiger partial charge on any atom is -0.497 e. The van der Waals surface area contributed by atoms with Crippen LogP contribution in [0.5, 0.6) is 5.75 Å². The van der Waals surface area contributed by atoms with Crippen molar-refractivity contribution in [3.8, 4) is 11.4 Å². The van der Waals surface area contributed by atoms with Gasteiger partial charge in [-0.15, -0.1) is 5.10 Å². The number of hydrogen-bond donors (Lipinski definition) is 1. The van der Waals surface area contributed by atoms with Crippen LogP contribution >= 0.6 is 11.8 Å². The molecule has 0 bridgehead atoms. The average Bonchev–Trinajstić information content (AvgIpc) is 2.93. The van der Waals surface area contributed by atoms with Crippen molar-refractivity contribution in [1.29, 1.82) is 0 Å². The first-order valence-electron chi connectivity index (χ1n) is 5.51. The number of nitrogens with zero attached hydrogens (tertiary/aromatic N) is 4. The molecule has 100 valence electrons. The highest BCUT2D eigenvalue weighted by molar-refractivity contribution is 7.99. The van der Waals surface area contributed by atoms with E-state index < -0.39 is 0 Å². The lowest BCUT2D eigenvalue weighted by molar-refractivity contribution is -0.118. The fraction of sp³-hybridized carbons (Fsp3) is 0.273. The maximum Gasteiger partial charge on any atom is 0.230 e. The molecule has 1 N–H and O–H groups in total. The lowest BCUT2D eigenvalue weighted by atomic mass is 10.3. The van der Waals surface area contributed by atoms with Crippen molar-refractivity contribution in [3.05, 3.63) is 24.3 Å². The minimum atomic E-state index is -0.0747. The number of ether oxygens (including phenoxy) is 1. The van der Waals surface area contributed by atoms with E-state index in [-0.39, 0.29) is 11.7 Å². The summed E-state index contributed by atoms with van der Waals surface area (Å²) in [6, 6.07) is 7.34. The van der Waals surface area contributed by atoms with E-state index in [2.05, 4.69) is 20.8 Å². The Hall–Kier alpha value is -2.09. The SMILES string of the molecule is CNC(=O)CSc1nnnn1-c1ccc(OC)cc1. The Bertz CT molecular complexity index is 554. The van der Waals surface area contributed by atoms with E-state index in [1.165, 1.54) is 11.8 Å². The third kappa shape index (κ3) is 3.22. The Labute approximate surface area is 114 Å². The van der Waals surface area contributed by atoms with Gasteiger partial charge in [-0.1, -0.05) is 11.8 Å². The van der Waals surface area contributed by atoms with E-state index >= 15 is 0 Å². The molecule has 8 heteroatoms. The Morgan fingerprint density at radius 1 is 1.42 bits per heavy atom. The van der Waals surface area contributed by atoms with E-state index in [0.717, 1.165) is 11.4 Å². The van der Waals surface area contributed by atoms with Crippen LogP contribution < -0.4 is 10.1 Å². The summed E-state index contributed by atoms with van der Waals surface area (Å²) in [6.45, 7) is 0. The van der Waals surface area contributed by atoms with Gasteiger partial charge in [-0.25, -0.2) is 0 Å². The van der Waals surface area contributed by atoms with E-state index in [1.807, 2.05) is 24.3 Å². The zero-order valence-corrected chi connectivity index (χ0v) is 11.3. The number of tetrazole rings is 1. The third-order valence-electron chi connectivity index (χ3n) is 2.37. The first kappa shape index (κ1) is 13.3. The number of carbonyl (C=O) groups is 1. The minimum absolute atomic E-state index is 0.0747. The van der Waals surface area contributed by atoms with Gasteiger partial charge in [0.25, 0.3) is 0 Å². The summed E-state index contributed by atoms with van der Waals surface area (Å²) < 4.78 is 6.67. The van der Waals surface area contributed by atoms with Crippen molar-refractivity contribution in [2.24, 2.45) is 0 Å². The first-order valence-corrected chi connectivity index (χ1v) is 6.49. The van der Waals surface area contributed by atoms with Gasteiger partial charge in [0.15, 0.2) is 0 Å². The van der Waals surface area contributed by atoms with Gasteiger partial charge in [-0.2, -0.15) is 4.68 Å². The number of aromatic nitrogens is 4. The second-order valence-electron chi connectivity index (χ2n) is 3.53. The lowest BCUT2D eigenvalue weighted by Crippen LogP contribution is -2.20. The van der Waals surface area contributed by atoms with Gasteiger partial charge >= 0.3 is 0 Å². The maximum absolute atomic E-state index is 11.2. The Morgan fingerprint density at radius 3 is 2.79 bits per heavy atom. The largest absolute Gasteiger partial charge is 0.497 e. The van der Waals surface area contributed by atoms with Crippen molar-refractivity contribution in [2.45, 2.75) is 5.16 Å². The molecule has 0 spiro atoms. The molecule has 0 fully saturated rings. The van der Waals surface area contributed by atoms with Gasteiger partial charge in [0.05, 0.1) is 18.6 Å². The molecule has 19 heavy (non-hydrogen) atoms. The molecule has 0 aliphatic rings. The average molecular weight is 279 g/mol. The predicted octanol–water partition coefficient (Wildman–Crippen LogP) is 0.509. The zero-order chi connectivity index (χ0) is 13.7. The van der Waals surface area contributed by atoms with Crippen molar-refractivity contribution in [1.82, 2.24) is 25.5 Å². The Balaban J connectivity index is 2.15. The van der Waals surface area contributed by atoms with Crippen molar-refractivity contribution >= 4 is 17.7 Å². The highest BCUT2D eigenvalue weighted by atomic mass is 32.2. The fourth-order valence-corrected chi connectivity index (χ4v) is 2.12. The molecule has 2 rings (SSSR count). The first-order chi connectivity index (χ1) is 9.24. The van der Waals surface area contributed by atoms with Gasteiger partial charge < -0.3 is 10.1 Å². The molecule has 0 saturated carbocycles. The van der Waals surface area contributed by atoms with Crippen LogP contribution in [0.3, 0.4) is 0 Å². The third-order valence-corrected chi connectivity index (χ3v) is 3.29. The second-order valence-corrected chi connectivity index (χ2v) is 4.48. The summed E-state index contributed by atoms with van der Waals surface area (Å²) in [6.07, 6.45) is 0. The summed E-state index contributed by atoms with van der Waals surface area (Å²) in [5, 5.41) is 14.5. The molecule has 1 aromatic carbocycles. The van der Waals surface area contributed by atoms with Gasteiger partial charge in [0, 0.05) is 7.05 Å². The molecule has 0 unspecified atom stereocenters. The molecule has 1 amide bonds. The van der Waals surface area contributed by atoms with Crippen LogP contribution in [0.4, 0.5) is 0 Å². The number of methoxy groups -OCH3 is 1. The molecule has 1 heterocycles. The second kappa shape index (κ2) is 6.19. The highest BCUT2D eigenvalue weighted by Gasteiger charge is 2.10. The number of thioether (sulfide) groups is 1. The van der Waals surface area contributed by atoms with Crippen LogP contribution in [-0.4, -0.2) is 46.0 Å².